The van der Waals surface area contributed by atoms with Crippen LogP contribution in [0.25, 0.3) is 22.6 Å². The van der Waals surface area contributed by atoms with E-state index < -0.39 is 0 Å². The number of methoxy groups -OCH3 is 1. The van der Waals surface area contributed by atoms with Crippen molar-refractivity contribution in [2.75, 3.05) is 7.11 Å². The summed E-state index contributed by atoms with van der Waals surface area (Å²) in [5.74, 6) is 3.73. The summed E-state index contributed by atoms with van der Waals surface area (Å²) >= 11 is 0. The summed E-state index contributed by atoms with van der Waals surface area (Å²) < 4.78 is 12.2. The van der Waals surface area contributed by atoms with Crippen molar-refractivity contribution >= 4 is 11.1 Å². The third-order valence-corrected chi connectivity index (χ3v) is 7.54. The van der Waals surface area contributed by atoms with Crippen molar-refractivity contribution < 1.29 is 9.15 Å². The van der Waals surface area contributed by atoms with Crippen molar-refractivity contribution in [1.29, 1.82) is 0 Å². The van der Waals surface area contributed by atoms with Crippen LogP contribution in [0.1, 0.15) is 87.0 Å². The van der Waals surface area contributed by atoms with Gasteiger partial charge in [0.1, 0.15) is 11.3 Å². The number of aryl methyl sites for hydroxylation is 1. The van der Waals surface area contributed by atoms with Gasteiger partial charge in [0.2, 0.25) is 5.89 Å². The van der Waals surface area contributed by atoms with E-state index in [1.165, 1.54) is 41.5 Å². The van der Waals surface area contributed by atoms with Gasteiger partial charge in [-0.05, 0) is 86.6 Å². The molecule has 3 nitrogen and oxygen atoms in total. The molecule has 1 unspecified atom stereocenters. The largest absolute Gasteiger partial charge is 0.496 e. The fraction of sp³-hybridized carbons (Fsp3) is 0.464. The fourth-order valence-corrected chi connectivity index (χ4v) is 6.18. The van der Waals surface area contributed by atoms with E-state index in [1.54, 1.807) is 12.7 Å². The zero-order chi connectivity index (χ0) is 21.9. The maximum Gasteiger partial charge on any atom is 0.231 e. The summed E-state index contributed by atoms with van der Waals surface area (Å²) in [7, 11) is 1.70. The highest BCUT2D eigenvalue weighted by molar-refractivity contribution is 5.87. The molecule has 0 saturated heterocycles. The van der Waals surface area contributed by atoms with E-state index in [0.29, 0.717) is 29.6 Å². The molecule has 0 N–H and O–H groups in total. The topological polar surface area (TPSA) is 35.3 Å². The second kappa shape index (κ2) is 7.55. The summed E-state index contributed by atoms with van der Waals surface area (Å²) in [6.07, 6.45) is 6.20. The third kappa shape index (κ3) is 3.12. The minimum atomic E-state index is 0.464. The van der Waals surface area contributed by atoms with Crippen molar-refractivity contribution in [3.05, 3.63) is 58.2 Å². The minimum Gasteiger partial charge on any atom is -0.496 e. The van der Waals surface area contributed by atoms with Crippen LogP contribution in [-0.4, -0.2) is 12.1 Å². The van der Waals surface area contributed by atoms with E-state index in [4.69, 9.17) is 14.1 Å². The Hall–Kier alpha value is -2.55. The molecule has 0 bridgehead atoms. The maximum absolute atomic E-state index is 6.56. The molecule has 3 aromatic rings. The molecule has 1 heterocycles. The van der Waals surface area contributed by atoms with E-state index in [2.05, 4.69) is 40.7 Å². The van der Waals surface area contributed by atoms with Crippen LogP contribution in [0, 0.1) is 12.8 Å². The van der Waals surface area contributed by atoms with E-state index in [9.17, 15) is 0 Å². The number of oxazole rings is 1. The van der Waals surface area contributed by atoms with Crippen molar-refractivity contribution in [2.24, 2.45) is 5.92 Å². The molecule has 3 heteroatoms. The minimum absolute atomic E-state index is 0.464. The molecular formula is C28H33NO2. The first-order valence-electron chi connectivity index (χ1n) is 11.7. The molecule has 1 aromatic heterocycles. The van der Waals surface area contributed by atoms with Gasteiger partial charge in [-0.15, -0.1) is 0 Å². The highest BCUT2D eigenvalue weighted by Crippen LogP contribution is 2.55. The molecule has 2 aliphatic rings. The molecule has 2 aliphatic carbocycles. The SMILES string of the molecule is COc1ccccc1-c1nc2c(C)c3c4c(c2o1)[C@@H](C)CC[C@@H]4[C@@H](C)CC3C=C(C)C. The number of rotatable bonds is 3. The summed E-state index contributed by atoms with van der Waals surface area (Å²) in [6, 6.07) is 8.00. The summed E-state index contributed by atoms with van der Waals surface area (Å²) in [5, 5.41) is 0. The number of ether oxygens (including phenoxy) is 1. The number of hydrogen-bond donors (Lipinski definition) is 0. The first kappa shape index (κ1) is 20.4. The number of nitrogens with zero attached hydrogens (tertiary/aromatic N) is 1. The average molecular weight is 416 g/mol. The van der Waals surface area contributed by atoms with Gasteiger partial charge in [0.15, 0.2) is 5.58 Å². The first-order valence-corrected chi connectivity index (χ1v) is 11.7. The number of allylic oxidation sites excluding steroid dienone is 2. The predicted octanol–water partition coefficient (Wildman–Crippen LogP) is 7.88. The molecule has 0 fully saturated rings. The number of aromatic nitrogens is 1. The Bertz CT molecular complexity index is 1180. The van der Waals surface area contributed by atoms with Crippen LogP contribution in [0.5, 0.6) is 5.75 Å². The van der Waals surface area contributed by atoms with Gasteiger partial charge in [-0.3, -0.25) is 0 Å². The van der Waals surface area contributed by atoms with Gasteiger partial charge < -0.3 is 9.15 Å². The average Bonchev–Trinajstić information content (AvgIpc) is 3.18. The predicted molar refractivity (Wildman–Crippen MR) is 127 cm³/mol. The van der Waals surface area contributed by atoms with E-state index in [1.807, 2.05) is 24.3 Å². The van der Waals surface area contributed by atoms with Gasteiger partial charge in [0.05, 0.1) is 12.7 Å². The Morgan fingerprint density at radius 3 is 2.61 bits per heavy atom. The van der Waals surface area contributed by atoms with Gasteiger partial charge in [0, 0.05) is 11.5 Å². The van der Waals surface area contributed by atoms with Crippen LogP contribution in [-0.2, 0) is 0 Å². The van der Waals surface area contributed by atoms with Crippen LogP contribution in [0.4, 0.5) is 0 Å². The monoisotopic (exact) mass is 415 g/mol. The lowest BCUT2D eigenvalue weighted by Gasteiger charge is -2.42. The van der Waals surface area contributed by atoms with Crippen molar-refractivity contribution in [3.8, 4) is 17.2 Å². The molecule has 162 valence electrons. The number of hydrogen-bond acceptors (Lipinski definition) is 3. The Morgan fingerprint density at radius 1 is 1.10 bits per heavy atom. The van der Waals surface area contributed by atoms with Gasteiger partial charge in [-0.25, -0.2) is 4.98 Å². The molecule has 2 aromatic carbocycles. The van der Waals surface area contributed by atoms with Gasteiger partial charge in [0.25, 0.3) is 0 Å². The number of para-hydroxylation sites is 1. The lowest BCUT2D eigenvalue weighted by molar-refractivity contribution is 0.332. The van der Waals surface area contributed by atoms with Crippen LogP contribution < -0.4 is 4.74 Å². The summed E-state index contributed by atoms with van der Waals surface area (Å²) in [6.45, 7) is 11.5. The van der Waals surface area contributed by atoms with Crippen molar-refractivity contribution in [2.45, 2.75) is 71.6 Å². The lowest BCUT2D eigenvalue weighted by Crippen LogP contribution is -2.28. The molecule has 0 radical (unpaired) electrons. The van der Waals surface area contributed by atoms with Gasteiger partial charge >= 0.3 is 0 Å². The summed E-state index contributed by atoms with van der Waals surface area (Å²) in [4.78, 5) is 5.06. The number of fused-ring (bicyclic) bond motifs is 2. The van der Waals surface area contributed by atoms with Gasteiger partial charge in [-0.2, -0.15) is 0 Å². The Labute approximate surface area is 185 Å². The van der Waals surface area contributed by atoms with Crippen molar-refractivity contribution in [3.63, 3.8) is 0 Å². The third-order valence-electron chi connectivity index (χ3n) is 7.54. The molecule has 0 saturated carbocycles. The van der Waals surface area contributed by atoms with Crippen LogP contribution in [0.15, 0.2) is 40.3 Å². The highest BCUT2D eigenvalue weighted by atomic mass is 16.5. The molecule has 5 rings (SSSR count). The standard InChI is InChI=1S/C28H33NO2/c1-15(2)13-19-14-17(4)20-12-11-16(3)23-25(20)24(19)18(5)26-27(23)31-28(29-26)21-9-7-8-10-22(21)30-6/h7-10,13,16-17,19-20H,11-12,14H2,1-6H3/t16-,17-,19?,20+/m0/s1. The zero-order valence-electron chi connectivity index (χ0n) is 19.6. The van der Waals surface area contributed by atoms with Crippen LogP contribution >= 0.6 is 0 Å². The van der Waals surface area contributed by atoms with Crippen LogP contribution in [0.2, 0.25) is 0 Å². The molecule has 4 atom stereocenters. The Balaban J connectivity index is 1.83. The maximum atomic E-state index is 6.56. The zero-order valence-corrected chi connectivity index (χ0v) is 19.6. The fourth-order valence-electron chi connectivity index (χ4n) is 6.18. The normalized spacial score (nSPS) is 24.7. The molecule has 31 heavy (non-hydrogen) atoms. The molecular weight excluding hydrogens is 382 g/mol. The molecule has 0 spiro atoms. The second-order valence-corrected chi connectivity index (χ2v) is 9.91. The second-order valence-electron chi connectivity index (χ2n) is 9.91. The Kier molecular flexibility index (Phi) is 4.96. The highest BCUT2D eigenvalue weighted by Gasteiger charge is 2.40. The quantitative estimate of drug-likeness (QED) is 0.408. The van der Waals surface area contributed by atoms with E-state index in [0.717, 1.165) is 22.4 Å². The summed E-state index contributed by atoms with van der Waals surface area (Å²) in [5.41, 5.74) is 10.2. The molecule has 0 amide bonds. The first-order chi connectivity index (χ1) is 14.9. The number of benzene rings is 2. The smallest absolute Gasteiger partial charge is 0.231 e. The van der Waals surface area contributed by atoms with E-state index >= 15 is 0 Å². The Morgan fingerprint density at radius 2 is 1.87 bits per heavy atom. The molecule has 0 aliphatic heterocycles. The van der Waals surface area contributed by atoms with Crippen LogP contribution in [0.3, 0.4) is 0 Å². The van der Waals surface area contributed by atoms with Gasteiger partial charge in [-0.1, -0.05) is 37.6 Å². The lowest BCUT2D eigenvalue weighted by atomic mass is 9.62. The van der Waals surface area contributed by atoms with Crippen molar-refractivity contribution in [1.82, 2.24) is 4.98 Å². The van der Waals surface area contributed by atoms with E-state index in [-0.39, 0.29) is 0 Å².